The van der Waals surface area contributed by atoms with Crippen LogP contribution in [0.1, 0.15) is 17.3 Å². The predicted molar refractivity (Wildman–Crippen MR) is 63.2 cm³/mol. The van der Waals surface area contributed by atoms with Crippen molar-refractivity contribution in [1.82, 2.24) is 4.98 Å². The molecule has 3 N–H and O–H groups in total. The first kappa shape index (κ1) is 11.7. The maximum atomic E-state index is 11.1. The predicted octanol–water partition coefficient (Wildman–Crippen LogP) is 0.587. The Kier molecular flexibility index (Phi) is 3.14. The molecule has 1 aliphatic heterocycles. The van der Waals surface area contributed by atoms with Crippen molar-refractivity contribution >= 4 is 17.5 Å². The molecule has 2 heterocycles. The first-order valence-electron chi connectivity index (χ1n) is 5.43. The molecule has 0 amide bonds. The zero-order chi connectivity index (χ0) is 12.4. The highest BCUT2D eigenvalue weighted by molar-refractivity contribution is 5.94. The smallest absolute Gasteiger partial charge is 0.339 e. The summed E-state index contributed by atoms with van der Waals surface area (Å²) in [4.78, 5) is 17.2. The van der Waals surface area contributed by atoms with Crippen molar-refractivity contribution in [2.45, 2.75) is 13.0 Å². The van der Waals surface area contributed by atoms with Gasteiger partial charge in [0.25, 0.3) is 0 Å². The molecule has 1 fully saturated rings. The van der Waals surface area contributed by atoms with E-state index in [1.165, 1.54) is 12.3 Å². The van der Waals surface area contributed by atoms with Crippen LogP contribution in [0.25, 0.3) is 0 Å². The molecule has 0 bridgehead atoms. The molecule has 0 saturated carbocycles. The Balaban J connectivity index is 2.33. The second kappa shape index (κ2) is 4.58. The van der Waals surface area contributed by atoms with Gasteiger partial charge >= 0.3 is 5.97 Å². The fourth-order valence-electron chi connectivity index (χ4n) is 1.89. The molecule has 0 aromatic carbocycles. The lowest BCUT2D eigenvalue weighted by Gasteiger charge is -2.32. The maximum absolute atomic E-state index is 11.1. The third kappa shape index (κ3) is 2.47. The average Bonchev–Trinajstić information content (AvgIpc) is 2.28. The molecule has 2 rings (SSSR count). The van der Waals surface area contributed by atoms with E-state index in [9.17, 15) is 4.79 Å². The number of hydrogen-bond acceptors (Lipinski definition) is 5. The largest absolute Gasteiger partial charge is 0.478 e. The number of morpholine rings is 1. The fourth-order valence-corrected chi connectivity index (χ4v) is 1.89. The number of aromatic nitrogens is 1. The van der Waals surface area contributed by atoms with Crippen LogP contribution in [0.4, 0.5) is 11.5 Å². The molecule has 1 unspecified atom stereocenters. The zero-order valence-electron chi connectivity index (χ0n) is 9.59. The van der Waals surface area contributed by atoms with Crippen LogP contribution >= 0.6 is 0 Å². The van der Waals surface area contributed by atoms with Gasteiger partial charge in [-0.25, -0.2) is 9.78 Å². The highest BCUT2D eigenvalue weighted by Crippen LogP contribution is 2.22. The number of nitrogens with two attached hydrogens (primary N) is 1. The van der Waals surface area contributed by atoms with Crippen molar-refractivity contribution in [2.24, 2.45) is 0 Å². The van der Waals surface area contributed by atoms with Crippen LogP contribution in [-0.2, 0) is 4.74 Å². The molecular formula is C11H15N3O3. The monoisotopic (exact) mass is 237 g/mol. The van der Waals surface area contributed by atoms with E-state index in [0.29, 0.717) is 31.2 Å². The quantitative estimate of drug-likeness (QED) is 0.782. The number of carboxylic acids is 1. The summed E-state index contributed by atoms with van der Waals surface area (Å²) in [6.07, 6.45) is 1.55. The molecule has 1 atom stereocenters. The van der Waals surface area contributed by atoms with Crippen molar-refractivity contribution < 1.29 is 14.6 Å². The van der Waals surface area contributed by atoms with E-state index in [4.69, 9.17) is 15.6 Å². The number of nitrogens with zero attached hydrogens (tertiary/aromatic N) is 2. The van der Waals surface area contributed by atoms with Crippen molar-refractivity contribution in [3.63, 3.8) is 0 Å². The lowest BCUT2D eigenvalue weighted by molar-refractivity contribution is 0.0524. The first-order valence-corrected chi connectivity index (χ1v) is 5.43. The van der Waals surface area contributed by atoms with E-state index in [-0.39, 0.29) is 11.7 Å². The van der Waals surface area contributed by atoms with Gasteiger partial charge in [-0.15, -0.1) is 0 Å². The number of rotatable bonds is 2. The van der Waals surface area contributed by atoms with E-state index in [1.807, 2.05) is 11.8 Å². The standard InChI is InChI=1S/C11H15N3O3/c1-7-6-14(2-3-17-7)10-9(11(15)16)4-8(12)5-13-10/h4-5,7H,2-3,6,12H2,1H3,(H,15,16). The molecule has 0 spiro atoms. The summed E-state index contributed by atoms with van der Waals surface area (Å²) < 4.78 is 5.41. The topological polar surface area (TPSA) is 88.7 Å². The number of carboxylic acid groups (broad SMARTS) is 1. The van der Waals surface area contributed by atoms with Crippen LogP contribution in [0.3, 0.4) is 0 Å². The summed E-state index contributed by atoms with van der Waals surface area (Å²) >= 11 is 0. The minimum absolute atomic E-state index is 0.0738. The molecule has 0 aliphatic carbocycles. The van der Waals surface area contributed by atoms with Crippen molar-refractivity contribution in [1.29, 1.82) is 0 Å². The summed E-state index contributed by atoms with van der Waals surface area (Å²) in [6.45, 7) is 3.80. The number of carbonyl (C=O) groups is 1. The molecule has 1 aromatic rings. The molecular weight excluding hydrogens is 222 g/mol. The molecule has 17 heavy (non-hydrogen) atoms. The van der Waals surface area contributed by atoms with Crippen LogP contribution in [0, 0.1) is 0 Å². The molecule has 92 valence electrons. The Morgan fingerprint density at radius 1 is 1.71 bits per heavy atom. The lowest BCUT2D eigenvalue weighted by Crippen LogP contribution is -2.42. The SMILES string of the molecule is CC1CN(c2ncc(N)cc2C(=O)O)CCO1. The summed E-state index contributed by atoms with van der Waals surface area (Å²) in [5.74, 6) is -0.555. The number of hydrogen-bond donors (Lipinski definition) is 2. The van der Waals surface area contributed by atoms with Crippen LogP contribution in [-0.4, -0.2) is 41.9 Å². The number of aromatic carboxylic acids is 1. The van der Waals surface area contributed by atoms with Gasteiger partial charge in [0.1, 0.15) is 11.4 Å². The Labute approximate surface area is 99.0 Å². The van der Waals surface area contributed by atoms with Crippen LogP contribution < -0.4 is 10.6 Å². The Morgan fingerprint density at radius 2 is 2.47 bits per heavy atom. The van der Waals surface area contributed by atoms with Gasteiger partial charge in [0, 0.05) is 13.1 Å². The Hall–Kier alpha value is -1.82. The summed E-state index contributed by atoms with van der Waals surface area (Å²) in [7, 11) is 0. The zero-order valence-corrected chi connectivity index (χ0v) is 9.59. The van der Waals surface area contributed by atoms with Gasteiger partial charge in [0.2, 0.25) is 0 Å². The van der Waals surface area contributed by atoms with E-state index in [1.54, 1.807) is 0 Å². The summed E-state index contributed by atoms with van der Waals surface area (Å²) in [6, 6.07) is 1.44. The number of anilines is 2. The van der Waals surface area contributed by atoms with Gasteiger partial charge in [-0.05, 0) is 13.0 Å². The van der Waals surface area contributed by atoms with Crippen molar-refractivity contribution in [2.75, 3.05) is 30.3 Å². The van der Waals surface area contributed by atoms with Crippen LogP contribution in [0.15, 0.2) is 12.3 Å². The molecule has 1 saturated heterocycles. The second-order valence-corrected chi connectivity index (χ2v) is 4.07. The second-order valence-electron chi connectivity index (χ2n) is 4.07. The minimum atomic E-state index is -1.01. The Morgan fingerprint density at radius 3 is 3.12 bits per heavy atom. The van der Waals surface area contributed by atoms with Crippen LogP contribution in [0.2, 0.25) is 0 Å². The van der Waals surface area contributed by atoms with Gasteiger partial charge < -0.3 is 20.5 Å². The van der Waals surface area contributed by atoms with Gasteiger partial charge in [0.15, 0.2) is 0 Å². The first-order chi connectivity index (χ1) is 8.08. The van der Waals surface area contributed by atoms with E-state index < -0.39 is 5.97 Å². The Bertz CT molecular complexity index is 436. The van der Waals surface area contributed by atoms with Gasteiger partial charge in [-0.1, -0.05) is 0 Å². The number of pyridine rings is 1. The fraction of sp³-hybridized carbons (Fsp3) is 0.455. The molecule has 6 heteroatoms. The summed E-state index contributed by atoms with van der Waals surface area (Å²) in [5.41, 5.74) is 6.05. The van der Waals surface area contributed by atoms with Crippen molar-refractivity contribution in [3.8, 4) is 0 Å². The van der Waals surface area contributed by atoms with Gasteiger partial charge in [-0.2, -0.15) is 0 Å². The molecule has 1 aromatic heterocycles. The molecule has 6 nitrogen and oxygen atoms in total. The normalized spacial score (nSPS) is 20.3. The van der Waals surface area contributed by atoms with E-state index in [2.05, 4.69) is 4.98 Å². The highest BCUT2D eigenvalue weighted by atomic mass is 16.5. The van der Waals surface area contributed by atoms with E-state index >= 15 is 0 Å². The van der Waals surface area contributed by atoms with Gasteiger partial charge in [0.05, 0.1) is 24.6 Å². The third-order valence-corrected chi connectivity index (χ3v) is 2.66. The average molecular weight is 237 g/mol. The number of ether oxygens (including phenoxy) is 1. The van der Waals surface area contributed by atoms with E-state index in [0.717, 1.165) is 0 Å². The number of nitrogen functional groups attached to an aromatic ring is 1. The van der Waals surface area contributed by atoms with Crippen molar-refractivity contribution in [3.05, 3.63) is 17.8 Å². The highest BCUT2D eigenvalue weighted by Gasteiger charge is 2.22. The van der Waals surface area contributed by atoms with Gasteiger partial charge in [-0.3, -0.25) is 0 Å². The lowest BCUT2D eigenvalue weighted by atomic mass is 10.2. The molecule has 1 aliphatic rings. The third-order valence-electron chi connectivity index (χ3n) is 2.66. The minimum Gasteiger partial charge on any atom is -0.478 e. The van der Waals surface area contributed by atoms with Crippen LogP contribution in [0.5, 0.6) is 0 Å². The molecule has 0 radical (unpaired) electrons. The summed E-state index contributed by atoms with van der Waals surface area (Å²) in [5, 5.41) is 9.13. The maximum Gasteiger partial charge on any atom is 0.339 e.